The first-order valence-electron chi connectivity index (χ1n) is 8.11. The number of hydrogen-bond donors (Lipinski definition) is 1. The van der Waals surface area contributed by atoms with Crippen LogP contribution in [0.3, 0.4) is 0 Å². The number of hydrogen-bond acceptors (Lipinski definition) is 3. The van der Waals surface area contributed by atoms with E-state index in [1.807, 2.05) is 4.68 Å². The zero-order chi connectivity index (χ0) is 16.2. The van der Waals surface area contributed by atoms with Gasteiger partial charge in [0.2, 0.25) is 0 Å². The van der Waals surface area contributed by atoms with E-state index in [9.17, 15) is 5.11 Å². The Morgan fingerprint density at radius 2 is 1.77 bits per heavy atom. The maximum Gasteiger partial charge on any atom is 0.116 e. The van der Waals surface area contributed by atoms with Crippen LogP contribution in [-0.4, -0.2) is 20.1 Å². The highest BCUT2D eigenvalue weighted by molar-refractivity contribution is 5.62. The van der Waals surface area contributed by atoms with Crippen LogP contribution >= 0.6 is 0 Å². The van der Waals surface area contributed by atoms with Crippen molar-refractivity contribution in [1.29, 1.82) is 0 Å². The van der Waals surface area contributed by atoms with Gasteiger partial charge in [0.05, 0.1) is 12.3 Å². The van der Waals surface area contributed by atoms with Gasteiger partial charge in [0.25, 0.3) is 0 Å². The van der Waals surface area contributed by atoms with E-state index in [2.05, 4.69) is 62.3 Å². The molecule has 1 heterocycles. The summed E-state index contributed by atoms with van der Waals surface area (Å²) in [7, 11) is 0. The van der Waals surface area contributed by atoms with Crippen molar-refractivity contribution in [2.75, 3.05) is 0 Å². The Morgan fingerprint density at radius 1 is 1.09 bits per heavy atom. The molecule has 0 aliphatic rings. The molecule has 4 heteroatoms. The highest BCUT2D eigenvalue weighted by Gasteiger charge is 2.17. The molecule has 0 radical (unpaired) electrons. The normalized spacial score (nSPS) is 11.9. The summed E-state index contributed by atoms with van der Waals surface area (Å²) in [6.45, 7) is 9.57. The van der Waals surface area contributed by atoms with Crippen LogP contribution in [0.4, 0.5) is 0 Å². The number of aliphatic hydroxyl groups is 1. The number of benzene rings is 1. The first kappa shape index (κ1) is 16.7. The third-order valence-corrected chi connectivity index (χ3v) is 3.95. The van der Waals surface area contributed by atoms with Crippen LogP contribution in [0.2, 0.25) is 0 Å². The van der Waals surface area contributed by atoms with Gasteiger partial charge in [-0.05, 0) is 17.4 Å². The zero-order valence-corrected chi connectivity index (χ0v) is 14.1. The number of aryl methyl sites for hydroxylation is 1. The van der Waals surface area contributed by atoms with Crippen LogP contribution in [0, 0.1) is 0 Å². The maximum atomic E-state index is 9.53. The molecular weight excluding hydrogens is 274 g/mol. The van der Waals surface area contributed by atoms with Gasteiger partial charge in [-0.25, -0.2) is 4.68 Å². The number of aliphatic hydroxyl groups excluding tert-OH is 1. The summed E-state index contributed by atoms with van der Waals surface area (Å²) in [4.78, 5) is 0. The van der Waals surface area contributed by atoms with Crippen molar-refractivity contribution in [1.82, 2.24) is 15.0 Å². The average Bonchev–Trinajstić information content (AvgIpc) is 2.90. The lowest BCUT2D eigenvalue weighted by molar-refractivity contribution is 0.277. The molecule has 0 saturated carbocycles. The lowest BCUT2D eigenvalue weighted by atomic mass is 9.86. The number of unbranched alkanes of at least 4 members (excludes halogenated alkanes) is 2. The minimum atomic E-state index is -0.0792. The van der Waals surface area contributed by atoms with Crippen molar-refractivity contribution in [2.45, 2.75) is 65.5 Å². The van der Waals surface area contributed by atoms with Gasteiger partial charge in [-0.2, -0.15) is 0 Å². The van der Waals surface area contributed by atoms with Gasteiger partial charge in [-0.1, -0.05) is 70.0 Å². The Balaban J connectivity index is 2.32. The van der Waals surface area contributed by atoms with Crippen LogP contribution in [0.1, 0.15) is 58.2 Å². The second kappa shape index (κ2) is 7.05. The van der Waals surface area contributed by atoms with Crippen molar-refractivity contribution in [2.24, 2.45) is 0 Å². The molecule has 120 valence electrons. The molecule has 4 nitrogen and oxygen atoms in total. The molecule has 0 spiro atoms. The van der Waals surface area contributed by atoms with E-state index in [1.54, 1.807) is 0 Å². The summed E-state index contributed by atoms with van der Waals surface area (Å²) in [6.07, 6.45) is 3.44. The van der Waals surface area contributed by atoms with Crippen molar-refractivity contribution in [3.05, 3.63) is 35.5 Å². The SMILES string of the molecule is CCCCCn1nnc(CO)c1-c1ccc(C(C)(C)C)cc1. The Morgan fingerprint density at radius 3 is 2.32 bits per heavy atom. The van der Waals surface area contributed by atoms with E-state index in [0.717, 1.165) is 24.2 Å². The van der Waals surface area contributed by atoms with E-state index in [0.29, 0.717) is 5.69 Å². The summed E-state index contributed by atoms with van der Waals surface area (Å²) in [5.41, 5.74) is 4.10. The molecule has 0 aliphatic heterocycles. The van der Waals surface area contributed by atoms with Crippen LogP contribution in [-0.2, 0) is 18.6 Å². The zero-order valence-electron chi connectivity index (χ0n) is 14.1. The van der Waals surface area contributed by atoms with Crippen LogP contribution in [0.15, 0.2) is 24.3 Å². The van der Waals surface area contributed by atoms with E-state index >= 15 is 0 Å². The topological polar surface area (TPSA) is 50.9 Å². The third kappa shape index (κ3) is 3.74. The fourth-order valence-electron chi connectivity index (χ4n) is 2.57. The Kier molecular flexibility index (Phi) is 5.35. The maximum absolute atomic E-state index is 9.53. The third-order valence-electron chi connectivity index (χ3n) is 3.95. The fraction of sp³-hybridized carbons (Fsp3) is 0.556. The van der Waals surface area contributed by atoms with Crippen molar-refractivity contribution < 1.29 is 5.11 Å². The van der Waals surface area contributed by atoms with Gasteiger partial charge in [-0.15, -0.1) is 5.10 Å². The summed E-state index contributed by atoms with van der Waals surface area (Å²) >= 11 is 0. The quantitative estimate of drug-likeness (QED) is 0.823. The summed E-state index contributed by atoms with van der Waals surface area (Å²) < 4.78 is 1.92. The molecule has 0 aliphatic carbocycles. The molecule has 2 aromatic rings. The van der Waals surface area contributed by atoms with Gasteiger partial charge in [0, 0.05) is 12.1 Å². The van der Waals surface area contributed by atoms with Gasteiger partial charge in [-0.3, -0.25) is 0 Å². The number of rotatable bonds is 6. The molecule has 0 atom stereocenters. The lowest BCUT2D eigenvalue weighted by Crippen LogP contribution is -2.10. The predicted molar refractivity (Wildman–Crippen MR) is 89.6 cm³/mol. The number of aromatic nitrogens is 3. The molecular formula is C18H27N3O. The van der Waals surface area contributed by atoms with Crippen molar-refractivity contribution in [3.8, 4) is 11.3 Å². The minimum Gasteiger partial charge on any atom is -0.390 e. The monoisotopic (exact) mass is 301 g/mol. The number of nitrogens with zero attached hydrogens (tertiary/aromatic N) is 3. The standard InChI is InChI=1S/C18H27N3O/c1-5-6-7-12-21-17(16(13-22)19-20-21)14-8-10-15(11-9-14)18(2,3)4/h8-11,22H,5-7,12-13H2,1-4H3. The first-order chi connectivity index (χ1) is 10.5. The van der Waals surface area contributed by atoms with Crippen LogP contribution in [0.5, 0.6) is 0 Å². The van der Waals surface area contributed by atoms with E-state index in [-0.39, 0.29) is 12.0 Å². The van der Waals surface area contributed by atoms with Gasteiger partial charge >= 0.3 is 0 Å². The van der Waals surface area contributed by atoms with Gasteiger partial charge in [0.1, 0.15) is 5.69 Å². The molecule has 0 bridgehead atoms. The van der Waals surface area contributed by atoms with Gasteiger partial charge in [0.15, 0.2) is 0 Å². The molecule has 0 saturated heterocycles. The van der Waals surface area contributed by atoms with E-state index < -0.39 is 0 Å². The van der Waals surface area contributed by atoms with E-state index in [1.165, 1.54) is 18.4 Å². The second-order valence-electron chi connectivity index (χ2n) is 6.80. The Bertz CT molecular complexity index is 594. The van der Waals surface area contributed by atoms with Crippen LogP contribution < -0.4 is 0 Å². The molecule has 1 aromatic heterocycles. The molecule has 2 rings (SSSR count). The smallest absolute Gasteiger partial charge is 0.116 e. The highest BCUT2D eigenvalue weighted by Crippen LogP contribution is 2.27. The molecule has 22 heavy (non-hydrogen) atoms. The fourth-order valence-corrected chi connectivity index (χ4v) is 2.57. The van der Waals surface area contributed by atoms with Crippen LogP contribution in [0.25, 0.3) is 11.3 Å². The van der Waals surface area contributed by atoms with Crippen molar-refractivity contribution >= 4 is 0 Å². The van der Waals surface area contributed by atoms with Crippen molar-refractivity contribution in [3.63, 3.8) is 0 Å². The molecule has 1 aromatic carbocycles. The second-order valence-corrected chi connectivity index (χ2v) is 6.80. The average molecular weight is 301 g/mol. The molecule has 0 amide bonds. The Labute approximate surface area is 133 Å². The Hall–Kier alpha value is -1.68. The minimum absolute atomic E-state index is 0.0792. The van der Waals surface area contributed by atoms with E-state index in [4.69, 9.17) is 0 Å². The summed E-state index contributed by atoms with van der Waals surface area (Å²) in [5.74, 6) is 0. The lowest BCUT2D eigenvalue weighted by Gasteiger charge is -2.19. The predicted octanol–water partition coefficient (Wildman–Crippen LogP) is 3.93. The molecule has 0 unspecified atom stereocenters. The molecule has 1 N–H and O–H groups in total. The highest BCUT2D eigenvalue weighted by atomic mass is 16.3. The first-order valence-corrected chi connectivity index (χ1v) is 8.11. The van der Waals surface area contributed by atoms with Gasteiger partial charge < -0.3 is 5.11 Å². The largest absolute Gasteiger partial charge is 0.390 e. The summed E-state index contributed by atoms with van der Waals surface area (Å²) in [6, 6.07) is 8.52. The summed E-state index contributed by atoms with van der Waals surface area (Å²) in [5, 5.41) is 17.9. The molecule has 0 fully saturated rings.